The first-order valence-corrected chi connectivity index (χ1v) is 11.8. The number of nitrogens with zero attached hydrogens (tertiary/aromatic N) is 1. The lowest BCUT2D eigenvalue weighted by Crippen LogP contribution is -2.35. The summed E-state index contributed by atoms with van der Waals surface area (Å²) in [5.41, 5.74) is 3.14. The van der Waals surface area contributed by atoms with Crippen LogP contribution in [-0.4, -0.2) is 51.6 Å². The molecule has 0 amide bonds. The first-order chi connectivity index (χ1) is 15.0. The summed E-state index contributed by atoms with van der Waals surface area (Å²) in [5, 5.41) is 19.6. The van der Waals surface area contributed by atoms with Gasteiger partial charge in [-0.15, -0.1) is 0 Å². The molecule has 1 atom stereocenters. The van der Waals surface area contributed by atoms with Crippen molar-refractivity contribution in [2.75, 3.05) is 25.4 Å². The second-order valence-corrected chi connectivity index (χ2v) is 9.25. The van der Waals surface area contributed by atoms with Gasteiger partial charge in [0.2, 0.25) is 0 Å². The number of rotatable bonds is 7. The summed E-state index contributed by atoms with van der Waals surface area (Å²) >= 11 is 8.16. The molecule has 1 aliphatic rings. The minimum atomic E-state index is -1.38. The fourth-order valence-electron chi connectivity index (χ4n) is 4.15. The van der Waals surface area contributed by atoms with Crippen LogP contribution >= 0.6 is 23.4 Å². The van der Waals surface area contributed by atoms with Crippen LogP contribution in [0.2, 0.25) is 5.02 Å². The number of phenolic OH excluding ortho intramolecular Hbond substituents is 1. The Balaban J connectivity index is 1.29. The molecule has 0 spiro atoms. The number of fused-ring (bicyclic) bond motifs is 1. The average molecular weight is 461 g/mol. The van der Waals surface area contributed by atoms with Crippen molar-refractivity contribution in [1.29, 1.82) is 0 Å². The number of H-pyrrole nitrogens is 1. The molecule has 1 fully saturated rings. The van der Waals surface area contributed by atoms with Crippen LogP contribution in [0.5, 0.6) is 11.5 Å². The number of hydrogen-bond acceptors (Lipinski definition) is 5. The number of aromatic amines is 1. The van der Waals surface area contributed by atoms with Crippen LogP contribution in [0, 0.1) is 0 Å². The minimum Gasteiger partial charge on any atom is -0.508 e. The molecule has 2 heterocycles. The van der Waals surface area contributed by atoms with Gasteiger partial charge in [-0.3, -0.25) is 0 Å². The quantitative estimate of drug-likeness (QED) is 0.238. The van der Waals surface area contributed by atoms with E-state index in [1.807, 2.05) is 36.2 Å². The van der Waals surface area contributed by atoms with Crippen LogP contribution in [-0.2, 0) is 5.75 Å². The third-order valence-electron chi connectivity index (χ3n) is 5.72. The van der Waals surface area contributed by atoms with E-state index in [0.29, 0.717) is 17.2 Å². The Kier molecular flexibility index (Phi) is 6.95. The van der Waals surface area contributed by atoms with E-state index >= 15 is 0 Å². The summed E-state index contributed by atoms with van der Waals surface area (Å²) in [7, 11) is 0. The van der Waals surface area contributed by atoms with Crippen LogP contribution in [0.3, 0.4) is 0 Å². The molecule has 31 heavy (non-hydrogen) atoms. The van der Waals surface area contributed by atoms with Gasteiger partial charge in [0.1, 0.15) is 10.8 Å². The number of hydrogen-bond donors (Lipinski definition) is 3. The van der Waals surface area contributed by atoms with E-state index in [4.69, 9.17) is 21.4 Å². The molecule has 164 valence electrons. The van der Waals surface area contributed by atoms with Gasteiger partial charge >= 0.3 is 6.16 Å². The van der Waals surface area contributed by atoms with Crippen molar-refractivity contribution in [3.05, 3.63) is 58.7 Å². The van der Waals surface area contributed by atoms with Gasteiger partial charge in [-0.05, 0) is 60.7 Å². The molecule has 6 nitrogen and oxygen atoms in total. The summed E-state index contributed by atoms with van der Waals surface area (Å²) in [5.74, 6) is 2.86. The maximum absolute atomic E-state index is 10.8. The summed E-state index contributed by atoms with van der Waals surface area (Å²) in [6, 6.07) is 11.1. The highest BCUT2D eigenvalue weighted by molar-refractivity contribution is 7.98. The van der Waals surface area contributed by atoms with Crippen LogP contribution in [0.15, 0.2) is 42.6 Å². The molecule has 0 saturated carbocycles. The largest absolute Gasteiger partial charge is 0.511 e. The fourth-order valence-corrected chi connectivity index (χ4v) is 5.40. The highest BCUT2D eigenvalue weighted by Crippen LogP contribution is 2.35. The average Bonchev–Trinajstić information content (AvgIpc) is 3.17. The predicted molar refractivity (Wildman–Crippen MR) is 125 cm³/mol. The number of thioether (sulfide) groups is 1. The Hall–Kier alpha value is -2.35. The summed E-state index contributed by atoms with van der Waals surface area (Å²) < 4.78 is 4.72. The van der Waals surface area contributed by atoms with E-state index in [-0.39, 0.29) is 10.8 Å². The lowest BCUT2D eigenvalue weighted by Gasteiger charge is -2.33. The van der Waals surface area contributed by atoms with E-state index in [1.165, 1.54) is 18.4 Å². The number of aromatic hydroxyl groups is 1. The second kappa shape index (κ2) is 9.85. The van der Waals surface area contributed by atoms with Gasteiger partial charge in [0, 0.05) is 36.2 Å². The zero-order valence-corrected chi connectivity index (χ0v) is 18.6. The maximum atomic E-state index is 10.8. The van der Waals surface area contributed by atoms with Crippen molar-refractivity contribution in [3.63, 3.8) is 0 Å². The van der Waals surface area contributed by atoms with E-state index in [0.717, 1.165) is 42.1 Å². The topological polar surface area (TPSA) is 85.8 Å². The number of aromatic nitrogens is 1. The van der Waals surface area contributed by atoms with Crippen LogP contribution in [0.25, 0.3) is 10.9 Å². The smallest absolute Gasteiger partial charge is 0.508 e. The molecule has 0 radical (unpaired) electrons. The standard InChI is InChI=1S/C23H25ClN2O4S/c24-21-20(30-23(28)29)8-7-19-17(12-25-22(19)21)14-31-11-10-26-9-1-2-16(13-26)15-3-5-18(27)6-4-15/h3-8,12,16,25,27H,1-2,9-11,13-14H2,(H,28,29). The number of ether oxygens (including phenoxy) is 1. The van der Waals surface area contributed by atoms with E-state index in [1.54, 1.807) is 18.2 Å². The van der Waals surface area contributed by atoms with Crippen LogP contribution in [0.4, 0.5) is 4.79 Å². The predicted octanol–water partition coefficient (Wildman–Crippen LogP) is 5.70. The summed E-state index contributed by atoms with van der Waals surface area (Å²) in [4.78, 5) is 16.4. The minimum absolute atomic E-state index is 0.135. The Morgan fingerprint density at radius 3 is 2.84 bits per heavy atom. The van der Waals surface area contributed by atoms with Gasteiger partial charge in [0.15, 0.2) is 5.75 Å². The number of nitrogens with one attached hydrogen (secondary N) is 1. The van der Waals surface area contributed by atoms with Crippen molar-refractivity contribution in [3.8, 4) is 11.5 Å². The molecular weight excluding hydrogens is 436 g/mol. The number of piperidine rings is 1. The molecule has 1 aliphatic heterocycles. The van der Waals surface area contributed by atoms with E-state index < -0.39 is 6.16 Å². The number of benzene rings is 2. The third kappa shape index (κ3) is 5.29. The van der Waals surface area contributed by atoms with Gasteiger partial charge in [-0.2, -0.15) is 11.8 Å². The lowest BCUT2D eigenvalue weighted by molar-refractivity contribution is 0.144. The molecule has 8 heteroatoms. The Morgan fingerprint density at radius 2 is 2.06 bits per heavy atom. The van der Waals surface area contributed by atoms with E-state index in [2.05, 4.69) is 9.88 Å². The zero-order chi connectivity index (χ0) is 21.8. The van der Waals surface area contributed by atoms with Crippen molar-refractivity contribution in [2.24, 2.45) is 0 Å². The van der Waals surface area contributed by atoms with Crippen molar-refractivity contribution in [1.82, 2.24) is 9.88 Å². The Bertz CT molecular complexity index is 1050. The SMILES string of the molecule is O=C(O)Oc1ccc2c(CSCCN3CCCC(c4ccc(O)cc4)C3)c[nH]c2c1Cl. The molecule has 1 aromatic heterocycles. The first kappa shape index (κ1) is 21.9. The molecule has 3 N–H and O–H groups in total. The van der Waals surface area contributed by atoms with Crippen LogP contribution < -0.4 is 4.74 Å². The molecule has 0 aliphatic carbocycles. The molecule has 1 unspecified atom stereocenters. The normalized spacial score (nSPS) is 17.1. The monoisotopic (exact) mass is 460 g/mol. The van der Waals surface area contributed by atoms with Gasteiger partial charge < -0.3 is 24.8 Å². The maximum Gasteiger partial charge on any atom is 0.511 e. The first-order valence-electron chi connectivity index (χ1n) is 10.3. The summed E-state index contributed by atoms with van der Waals surface area (Å²) in [6.45, 7) is 3.23. The molecule has 1 saturated heterocycles. The third-order valence-corrected chi connectivity index (χ3v) is 7.08. The molecule has 2 aromatic carbocycles. The number of carbonyl (C=O) groups is 1. The number of phenols is 1. The molecule has 0 bridgehead atoms. The van der Waals surface area contributed by atoms with Crippen molar-refractivity contribution in [2.45, 2.75) is 24.5 Å². The number of halogens is 1. The van der Waals surface area contributed by atoms with Gasteiger partial charge in [-0.1, -0.05) is 23.7 Å². The number of carboxylic acid groups (broad SMARTS) is 1. The van der Waals surface area contributed by atoms with Gasteiger partial charge in [0.05, 0.1) is 5.52 Å². The highest BCUT2D eigenvalue weighted by Gasteiger charge is 2.21. The zero-order valence-electron chi connectivity index (χ0n) is 17.0. The van der Waals surface area contributed by atoms with Crippen LogP contribution in [0.1, 0.15) is 29.9 Å². The molecular formula is C23H25ClN2O4S. The fraction of sp³-hybridized carbons (Fsp3) is 0.348. The van der Waals surface area contributed by atoms with Gasteiger partial charge in [0.25, 0.3) is 0 Å². The number of likely N-dealkylation sites (tertiary alicyclic amines) is 1. The highest BCUT2D eigenvalue weighted by atomic mass is 35.5. The second-order valence-electron chi connectivity index (χ2n) is 7.77. The van der Waals surface area contributed by atoms with Gasteiger partial charge in [-0.25, -0.2) is 4.79 Å². The molecule has 4 rings (SSSR count). The Morgan fingerprint density at radius 1 is 1.26 bits per heavy atom. The molecule has 3 aromatic rings. The Labute approximate surface area is 190 Å². The van der Waals surface area contributed by atoms with E-state index in [9.17, 15) is 9.90 Å². The summed E-state index contributed by atoms with van der Waals surface area (Å²) in [6.07, 6.45) is 2.93. The lowest BCUT2D eigenvalue weighted by atomic mass is 9.90. The van der Waals surface area contributed by atoms with Crippen molar-refractivity contribution < 1.29 is 19.7 Å². The van der Waals surface area contributed by atoms with Crippen molar-refractivity contribution >= 4 is 40.4 Å².